The lowest BCUT2D eigenvalue weighted by molar-refractivity contribution is -0.261. The predicted molar refractivity (Wildman–Crippen MR) is 110 cm³/mol. The van der Waals surface area contributed by atoms with E-state index in [1.807, 2.05) is 0 Å². The number of hydrogen-bond donors (Lipinski definition) is 3. The van der Waals surface area contributed by atoms with Crippen molar-refractivity contribution in [1.82, 2.24) is 0 Å². The van der Waals surface area contributed by atoms with Crippen molar-refractivity contribution in [2.75, 3.05) is 13.7 Å². The quantitative estimate of drug-likeness (QED) is 0.569. The van der Waals surface area contributed by atoms with Gasteiger partial charge in [-0.05, 0) is 74.7 Å². The lowest BCUT2D eigenvalue weighted by atomic mass is 9.41. The maximum Gasteiger partial charge on any atom is 0.331 e. The van der Waals surface area contributed by atoms with Crippen LogP contribution >= 0.6 is 0 Å². The number of ether oxygens (including phenoxy) is 2. The number of aliphatic hydroxyl groups excluding tert-OH is 1. The number of esters is 2. The van der Waals surface area contributed by atoms with Crippen molar-refractivity contribution in [3.63, 3.8) is 0 Å². The van der Waals surface area contributed by atoms with Crippen molar-refractivity contribution in [2.24, 2.45) is 28.6 Å². The Morgan fingerprint density at radius 2 is 1.84 bits per heavy atom. The van der Waals surface area contributed by atoms with Gasteiger partial charge in [0.2, 0.25) is 0 Å². The summed E-state index contributed by atoms with van der Waals surface area (Å²) in [6.07, 6.45) is 5.75. The first-order chi connectivity index (χ1) is 14.6. The van der Waals surface area contributed by atoms with Crippen LogP contribution in [0.4, 0.5) is 0 Å². The number of methoxy groups -OCH3 is 1. The normalized spacial score (nSPS) is 51.3. The maximum absolute atomic E-state index is 13.3. The molecule has 7 heteroatoms. The molecule has 172 valence electrons. The SMILES string of the molecule is COC(=O)C12CCC(O)CC1(O)CCC1C2CCC2(C)C(C3=CC(=O)OC3)CCC12O. The first-order valence-electron chi connectivity index (χ1n) is 11.7. The van der Waals surface area contributed by atoms with E-state index in [4.69, 9.17) is 9.47 Å². The maximum atomic E-state index is 13.3. The minimum absolute atomic E-state index is 0.0768. The Morgan fingerprint density at radius 1 is 1.10 bits per heavy atom. The van der Waals surface area contributed by atoms with Gasteiger partial charge >= 0.3 is 11.9 Å². The summed E-state index contributed by atoms with van der Waals surface area (Å²) >= 11 is 0. The molecular weight excluding hydrogens is 400 g/mol. The van der Waals surface area contributed by atoms with Gasteiger partial charge in [0.05, 0.1) is 29.8 Å². The highest BCUT2D eigenvalue weighted by atomic mass is 16.5. The molecule has 8 atom stereocenters. The molecule has 4 saturated carbocycles. The zero-order valence-electron chi connectivity index (χ0n) is 18.4. The summed E-state index contributed by atoms with van der Waals surface area (Å²) in [5.74, 6) is -0.970. The molecule has 0 aromatic rings. The molecule has 1 aliphatic heterocycles. The van der Waals surface area contributed by atoms with Crippen LogP contribution in [0.5, 0.6) is 0 Å². The van der Waals surface area contributed by atoms with Gasteiger partial charge in [-0.3, -0.25) is 4.79 Å². The van der Waals surface area contributed by atoms with Gasteiger partial charge in [0, 0.05) is 17.9 Å². The van der Waals surface area contributed by atoms with Crippen LogP contribution in [0.15, 0.2) is 11.6 Å². The van der Waals surface area contributed by atoms with Crippen molar-refractivity contribution in [3.05, 3.63) is 11.6 Å². The second-order valence-corrected chi connectivity index (χ2v) is 10.9. The van der Waals surface area contributed by atoms with E-state index < -0.39 is 34.1 Å². The molecule has 31 heavy (non-hydrogen) atoms. The molecule has 7 nitrogen and oxygen atoms in total. The molecule has 0 aromatic carbocycles. The summed E-state index contributed by atoms with van der Waals surface area (Å²) in [4.78, 5) is 25.0. The molecule has 4 aliphatic carbocycles. The van der Waals surface area contributed by atoms with E-state index >= 15 is 0 Å². The Hall–Kier alpha value is -1.44. The van der Waals surface area contributed by atoms with Gasteiger partial charge in [-0.1, -0.05) is 6.92 Å². The third kappa shape index (κ3) is 2.57. The van der Waals surface area contributed by atoms with Gasteiger partial charge in [0.1, 0.15) is 6.61 Å². The Morgan fingerprint density at radius 3 is 2.52 bits per heavy atom. The van der Waals surface area contributed by atoms with Crippen molar-refractivity contribution >= 4 is 11.9 Å². The second-order valence-electron chi connectivity index (χ2n) is 10.9. The highest BCUT2D eigenvalue weighted by Crippen LogP contribution is 2.70. The van der Waals surface area contributed by atoms with E-state index in [0.29, 0.717) is 51.6 Å². The van der Waals surface area contributed by atoms with Gasteiger partial charge in [0.15, 0.2) is 0 Å². The monoisotopic (exact) mass is 434 g/mol. The van der Waals surface area contributed by atoms with Gasteiger partial charge in [0.25, 0.3) is 0 Å². The van der Waals surface area contributed by atoms with Gasteiger partial charge in [-0.15, -0.1) is 0 Å². The molecule has 0 radical (unpaired) electrons. The second kappa shape index (κ2) is 6.78. The zero-order chi connectivity index (χ0) is 22.2. The molecule has 0 aromatic heterocycles. The summed E-state index contributed by atoms with van der Waals surface area (Å²) < 4.78 is 10.4. The third-order valence-electron chi connectivity index (χ3n) is 10.1. The lowest BCUT2D eigenvalue weighted by Crippen LogP contribution is -2.70. The number of hydrogen-bond acceptors (Lipinski definition) is 7. The van der Waals surface area contributed by atoms with Crippen LogP contribution in [0.3, 0.4) is 0 Å². The average Bonchev–Trinajstić information content (AvgIpc) is 3.26. The summed E-state index contributed by atoms with van der Waals surface area (Å²) in [5, 5.41) is 34.2. The first kappa shape index (κ1) is 21.4. The van der Waals surface area contributed by atoms with Crippen LogP contribution in [0, 0.1) is 28.6 Å². The van der Waals surface area contributed by atoms with Crippen LogP contribution in [0.25, 0.3) is 0 Å². The van der Waals surface area contributed by atoms with Crippen LogP contribution < -0.4 is 0 Å². The lowest BCUT2D eigenvalue weighted by Gasteiger charge is -2.65. The molecule has 5 aliphatic rings. The van der Waals surface area contributed by atoms with Gasteiger partial charge in [-0.25, -0.2) is 4.79 Å². The van der Waals surface area contributed by atoms with Crippen LogP contribution in [0.1, 0.15) is 64.7 Å². The fourth-order valence-corrected chi connectivity index (χ4v) is 8.65. The summed E-state index contributed by atoms with van der Waals surface area (Å²) in [6, 6.07) is 0. The van der Waals surface area contributed by atoms with E-state index in [1.54, 1.807) is 6.08 Å². The number of rotatable bonds is 2. The largest absolute Gasteiger partial charge is 0.468 e. The summed E-state index contributed by atoms with van der Waals surface area (Å²) in [7, 11) is 1.36. The highest BCUT2D eigenvalue weighted by molar-refractivity contribution is 5.85. The van der Waals surface area contributed by atoms with Gasteiger partial charge < -0.3 is 24.8 Å². The number of carbonyl (C=O) groups is 2. The van der Waals surface area contributed by atoms with Crippen LogP contribution in [0.2, 0.25) is 0 Å². The fraction of sp³-hybridized carbons (Fsp3) is 0.833. The van der Waals surface area contributed by atoms with E-state index in [2.05, 4.69) is 6.92 Å². The number of fused-ring (bicyclic) bond motifs is 5. The molecular formula is C24H34O7. The highest BCUT2D eigenvalue weighted by Gasteiger charge is 2.73. The van der Waals surface area contributed by atoms with Crippen molar-refractivity contribution in [3.8, 4) is 0 Å². The third-order valence-corrected chi connectivity index (χ3v) is 10.1. The number of aliphatic hydroxyl groups is 3. The minimum Gasteiger partial charge on any atom is -0.468 e. The van der Waals surface area contributed by atoms with Crippen LogP contribution in [-0.2, 0) is 19.1 Å². The Bertz CT molecular complexity index is 838. The van der Waals surface area contributed by atoms with E-state index in [9.17, 15) is 24.9 Å². The molecule has 4 fully saturated rings. The molecule has 1 heterocycles. The summed E-state index contributed by atoms with van der Waals surface area (Å²) in [5.41, 5.74) is -2.82. The van der Waals surface area contributed by atoms with E-state index in [0.717, 1.165) is 12.0 Å². The topological polar surface area (TPSA) is 113 Å². The Labute approximate surface area is 182 Å². The fourth-order valence-electron chi connectivity index (χ4n) is 8.65. The van der Waals surface area contributed by atoms with E-state index in [-0.39, 0.29) is 30.1 Å². The minimum atomic E-state index is -1.31. The zero-order valence-corrected chi connectivity index (χ0v) is 18.4. The molecule has 0 bridgehead atoms. The first-order valence-corrected chi connectivity index (χ1v) is 11.7. The smallest absolute Gasteiger partial charge is 0.331 e. The molecule has 5 rings (SSSR count). The molecule has 3 N–H and O–H groups in total. The van der Waals surface area contributed by atoms with Crippen molar-refractivity contribution in [2.45, 2.75) is 82.0 Å². The van der Waals surface area contributed by atoms with E-state index in [1.165, 1.54) is 7.11 Å². The van der Waals surface area contributed by atoms with Crippen molar-refractivity contribution in [1.29, 1.82) is 0 Å². The number of cyclic esters (lactones) is 1. The molecule has 8 unspecified atom stereocenters. The van der Waals surface area contributed by atoms with Gasteiger partial charge in [-0.2, -0.15) is 0 Å². The summed E-state index contributed by atoms with van der Waals surface area (Å²) in [6.45, 7) is 2.42. The molecule has 0 saturated heterocycles. The average molecular weight is 435 g/mol. The standard InChI is InChI=1S/C24H34O7/c1-21-7-4-17-18(24(21,29)10-6-16(21)14-11-19(26)31-13-14)5-8-22(28)12-15(25)3-9-23(17,22)20(27)30-2/h11,15-18,25,28-29H,3-10,12-13H2,1-2H3. The van der Waals surface area contributed by atoms with Crippen molar-refractivity contribution < 1.29 is 34.4 Å². The number of carbonyl (C=O) groups excluding carboxylic acids is 2. The Kier molecular flexibility index (Phi) is 4.68. The van der Waals surface area contributed by atoms with Crippen LogP contribution in [-0.4, -0.2) is 58.3 Å². The molecule has 0 spiro atoms. The Balaban J connectivity index is 1.55. The molecule has 0 amide bonds. The predicted octanol–water partition coefficient (Wildman–Crippen LogP) is 1.87.